The van der Waals surface area contributed by atoms with E-state index in [0.717, 1.165) is 10.9 Å². The maximum absolute atomic E-state index is 12.3. The van der Waals surface area contributed by atoms with E-state index in [2.05, 4.69) is 15.9 Å². The minimum atomic E-state index is -0.820. The standard InChI is InChI=1S/C13H14BrNO3/c14-11-6-2-1-5-10(11)12(16)15-7-3-4-9(8-15)13(17)18/h1-2,5-6,9H,3-4,7-8H2,(H,17,18). The van der Waals surface area contributed by atoms with Gasteiger partial charge in [0.15, 0.2) is 0 Å². The van der Waals surface area contributed by atoms with Gasteiger partial charge in [0.25, 0.3) is 5.91 Å². The maximum Gasteiger partial charge on any atom is 0.308 e. The molecule has 0 aromatic heterocycles. The Hall–Kier alpha value is -1.36. The predicted octanol–water partition coefficient (Wildman–Crippen LogP) is 2.39. The second kappa shape index (κ2) is 5.52. The van der Waals surface area contributed by atoms with Crippen molar-refractivity contribution in [1.29, 1.82) is 0 Å². The van der Waals surface area contributed by atoms with Crippen molar-refractivity contribution in [2.45, 2.75) is 12.8 Å². The third kappa shape index (κ3) is 2.72. The molecule has 1 atom stereocenters. The number of amides is 1. The van der Waals surface area contributed by atoms with Gasteiger partial charge in [-0.1, -0.05) is 12.1 Å². The van der Waals surface area contributed by atoms with Crippen molar-refractivity contribution >= 4 is 27.8 Å². The zero-order chi connectivity index (χ0) is 13.1. The molecule has 0 spiro atoms. The van der Waals surface area contributed by atoms with E-state index in [-0.39, 0.29) is 5.91 Å². The van der Waals surface area contributed by atoms with E-state index in [4.69, 9.17) is 5.11 Å². The van der Waals surface area contributed by atoms with Crippen LogP contribution in [0.2, 0.25) is 0 Å². The molecule has 1 aromatic carbocycles. The number of nitrogens with zero attached hydrogens (tertiary/aromatic N) is 1. The van der Waals surface area contributed by atoms with Crippen LogP contribution in [0.4, 0.5) is 0 Å². The normalized spacial score (nSPS) is 19.6. The van der Waals surface area contributed by atoms with Gasteiger partial charge in [-0.05, 0) is 40.9 Å². The number of benzene rings is 1. The molecule has 0 saturated carbocycles. The fourth-order valence-corrected chi connectivity index (χ4v) is 2.62. The van der Waals surface area contributed by atoms with Crippen LogP contribution < -0.4 is 0 Å². The lowest BCUT2D eigenvalue weighted by molar-refractivity contribution is -0.143. The van der Waals surface area contributed by atoms with Crippen LogP contribution in [0.1, 0.15) is 23.2 Å². The number of rotatable bonds is 2. The number of piperidine rings is 1. The molecule has 4 nitrogen and oxygen atoms in total. The molecule has 2 rings (SSSR count). The Labute approximate surface area is 114 Å². The number of hydrogen-bond acceptors (Lipinski definition) is 2. The summed E-state index contributed by atoms with van der Waals surface area (Å²) >= 11 is 3.34. The molecule has 1 unspecified atom stereocenters. The number of carbonyl (C=O) groups excluding carboxylic acids is 1. The quantitative estimate of drug-likeness (QED) is 0.912. The van der Waals surface area contributed by atoms with Crippen LogP contribution in [0.3, 0.4) is 0 Å². The zero-order valence-corrected chi connectivity index (χ0v) is 11.4. The Kier molecular flexibility index (Phi) is 4.01. The largest absolute Gasteiger partial charge is 0.481 e. The van der Waals surface area contributed by atoms with Gasteiger partial charge in [0, 0.05) is 17.6 Å². The van der Waals surface area contributed by atoms with E-state index in [1.165, 1.54) is 0 Å². The molecule has 1 aromatic rings. The molecule has 1 amide bonds. The molecular formula is C13H14BrNO3. The molecular weight excluding hydrogens is 298 g/mol. The van der Waals surface area contributed by atoms with Crippen molar-refractivity contribution in [1.82, 2.24) is 4.90 Å². The third-order valence-electron chi connectivity index (χ3n) is 3.16. The average molecular weight is 312 g/mol. The van der Waals surface area contributed by atoms with Crippen molar-refractivity contribution in [2.75, 3.05) is 13.1 Å². The molecule has 1 N–H and O–H groups in total. The van der Waals surface area contributed by atoms with Crippen molar-refractivity contribution in [2.24, 2.45) is 5.92 Å². The molecule has 1 saturated heterocycles. The number of carboxylic acid groups (broad SMARTS) is 1. The van der Waals surface area contributed by atoms with Crippen LogP contribution in [-0.4, -0.2) is 35.0 Å². The van der Waals surface area contributed by atoms with Crippen molar-refractivity contribution < 1.29 is 14.7 Å². The van der Waals surface area contributed by atoms with Gasteiger partial charge in [-0.2, -0.15) is 0 Å². The minimum absolute atomic E-state index is 0.103. The third-order valence-corrected chi connectivity index (χ3v) is 3.85. The van der Waals surface area contributed by atoms with Crippen LogP contribution in [0.5, 0.6) is 0 Å². The van der Waals surface area contributed by atoms with E-state index in [9.17, 15) is 9.59 Å². The molecule has 0 radical (unpaired) electrons. The summed E-state index contributed by atoms with van der Waals surface area (Å²) in [6, 6.07) is 7.20. The minimum Gasteiger partial charge on any atom is -0.481 e. The summed E-state index contributed by atoms with van der Waals surface area (Å²) in [5.41, 5.74) is 0.587. The Morgan fingerprint density at radius 1 is 1.33 bits per heavy atom. The average Bonchev–Trinajstić information content (AvgIpc) is 2.38. The lowest BCUT2D eigenvalue weighted by Crippen LogP contribution is -2.42. The summed E-state index contributed by atoms with van der Waals surface area (Å²) in [6.45, 7) is 0.930. The second-order valence-corrected chi connectivity index (χ2v) is 5.26. The molecule has 18 heavy (non-hydrogen) atoms. The summed E-state index contributed by atoms with van der Waals surface area (Å²) in [4.78, 5) is 24.9. The number of halogens is 1. The molecule has 1 fully saturated rings. The smallest absolute Gasteiger partial charge is 0.308 e. The zero-order valence-electron chi connectivity index (χ0n) is 9.80. The Balaban J connectivity index is 2.14. The molecule has 1 aliphatic rings. The van der Waals surface area contributed by atoms with Crippen LogP contribution in [0, 0.1) is 5.92 Å². The summed E-state index contributed by atoms with van der Waals surface area (Å²) in [5.74, 6) is -1.36. The van der Waals surface area contributed by atoms with Gasteiger partial charge in [-0.25, -0.2) is 0 Å². The first-order valence-corrected chi connectivity index (χ1v) is 6.65. The highest BCUT2D eigenvalue weighted by molar-refractivity contribution is 9.10. The molecule has 0 aliphatic carbocycles. The van der Waals surface area contributed by atoms with Gasteiger partial charge < -0.3 is 10.0 Å². The van der Waals surface area contributed by atoms with Crippen LogP contribution in [0.25, 0.3) is 0 Å². The van der Waals surface area contributed by atoms with Crippen LogP contribution >= 0.6 is 15.9 Å². The molecule has 1 heterocycles. The number of likely N-dealkylation sites (tertiary alicyclic amines) is 1. The van der Waals surface area contributed by atoms with Gasteiger partial charge in [0.2, 0.25) is 0 Å². The topological polar surface area (TPSA) is 57.6 Å². The highest BCUT2D eigenvalue weighted by Gasteiger charge is 2.29. The van der Waals surface area contributed by atoms with Crippen molar-refractivity contribution in [3.05, 3.63) is 34.3 Å². The van der Waals surface area contributed by atoms with Crippen LogP contribution in [-0.2, 0) is 4.79 Å². The Bertz CT molecular complexity index is 475. The lowest BCUT2D eigenvalue weighted by atomic mass is 9.97. The molecule has 0 bridgehead atoms. The van der Waals surface area contributed by atoms with Gasteiger partial charge >= 0.3 is 5.97 Å². The summed E-state index contributed by atoms with van der Waals surface area (Å²) in [6.07, 6.45) is 1.39. The number of aliphatic carboxylic acids is 1. The summed E-state index contributed by atoms with van der Waals surface area (Å²) in [5, 5.41) is 9.02. The summed E-state index contributed by atoms with van der Waals surface area (Å²) < 4.78 is 0.743. The van der Waals surface area contributed by atoms with E-state index < -0.39 is 11.9 Å². The van der Waals surface area contributed by atoms with E-state index in [1.807, 2.05) is 12.1 Å². The Morgan fingerprint density at radius 3 is 2.72 bits per heavy atom. The van der Waals surface area contributed by atoms with Crippen molar-refractivity contribution in [3.63, 3.8) is 0 Å². The maximum atomic E-state index is 12.3. The first-order chi connectivity index (χ1) is 8.59. The second-order valence-electron chi connectivity index (χ2n) is 4.41. The first kappa shape index (κ1) is 13.1. The molecule has 1 aliphatic heterocycles. The number of hydrogen-bond donors (Lipinski definition) is 1. The Morgan fingerprint density at radius 2 is 2.06 bits per heavy atom. The van der Waals surface area contributed by atoms with Gasteiger partial charge in [-0.3, -0.25) is 9.59 Å². The fraction of sp³-hybridized carbons (Fsp3) is 0.385. The monoisotopic (exact) mass is 311 g/mol. The lowest BCUT2D eigenvalue weighted by Gasteiger charge is -2.31. The highest BCUT2D eigenvalue weighted by atomic mass is 79.9. The van der Waals surface area contributed by atoms with Crippen LogP contribution in [0.15, 0.2) is 28.7 Å². The van der Waals surface area contributed by atoms with Gasteiger partial charge in [0.1, 0.15) is 0 Å². The highest BCUT2D eigenvalue weighted by Crippen LogP contribution is 2.22. The SMILES string of the molecule is O=C(O)C1CCCN(C(=O)c2ccccc2Br)C1. The predicted molar refractivity (Wildman–Crippen MR) is 70.4 cm³/mol. The number of carboxylic acids is 1. The fourth-order valence-electron chi connectivity index (χ4n) is 2.17. The molecule has 5 heteroatoms. The first-order valence-electron chi connectivity index (χ1n) is 5.86. The summed E-state index contributed by atoms with van der Waals surface area (Å²) in [7, 11) is 0. The van der Waals surface area contributed by atoms with Gasteiger partial charge in [0.05, 0.1) is 11.5 Å². The van der Waals surface area contributed by atoms with E-state index in [1.54, 1.807) is 17.0 Å². The van der Waals surface area contributed by atoms with Gasteiger partial charge in [-0.15, -0.1) is 0 Å². The van der Waals surface area contributed by atoms with Crippen molar-refractivity contribution in [3.8, 4) is 0 Å². The molecule has 96 valence electrons. The number of carbonyl (C=O) groups is 2. The van der Waals surface area contributed by atoms with E-state index >= 15 is 0 Å². The van der Waals surface area contributed by atoms with E-state index in [0.29, 0.717) is 25.1 Å².